The van der Waals surface area contributed by atoms with E-state index in [-0.39, 0.29) is 11.9 Å². The second-order valence-electron chi connectivity index (χ2n) is 6.68. The van der Waals surface area contributed by atoms with Crippen molar-refractivity contribution in [1.82, 2.24) is 10.2 Å². The fourth-order valence-electron chi connectivity index (χ4n) is 3.55. The maximum Gasteiger partial charge on any atom is 0.257 e. The van der Waals surface area contributed by atoms with Gasteiger partial charge in [-0.25, -0.2) is 0 Å². The molecule has 1 aromatic carbocycles. The minimum atomic E-state index is -0.227. The van der Waals surface area contributed by atoms with Gasteiger partial charge in [-0.2, -0.15) is 4.73 Å². The van der Waals surface area contributed by atoms with E-state index in [0.717, 1.165) is 19.5 Å². The maximum atomic E-state index is 12.5. The highest BCUT2D eigenvalue weighted by Crippen LogP contribution is 2.30. The predicted molar refractivity (Wildman–Crippen MR) is 105 cm³/mol. The lowest BCUT2D eigenvalue weighted by atomic mass is 10.0. The van der Waals surface area contributed by atoms with Crippen molar-refractivity contribution in [3.63, 3.8) is 0 Å². The molecule has 3 aromatic rings. The zero-order chi connectivity index (χ0) is 18.6. The number of hydrogen-bond donors (Lipinski definition) is 1. The molecule has 1 amide bonds. The van der Waals surface area contributed by atoms with Crippen LogP contribution in [-0.2, 0) is 13.0 Å². The van der Waals surface area contributed by atoms with E-state index in [9.17, 15) is 10.0 Å². The first kappa shape index (κ1) is 17.7. The molecule has 1 aliphatic heterocycles. The molecule has 0 aliphatic carbocycles. The Kier molecular flexibility index (Phi) is 5.18. The zero-order valence-electron chi connectivity index (χ0n) is 14.9. The van der Waals surface area contributed by atoms with E-state index < -0.39 is 0 Å². The molecule has 0 unspecified atom stereocenters. The van der Waals surface area contributed by atoms with E-state index in [1.54, 1.807) is 12.1 Å². The molecule has 0 fully saturated rings. The third-order valence-electron chi connectivity index (χ3n) is 4.96. The van der Waals surface area contributed by atoms with E-state index in [2.05, 4.69) is 33.8 Å². The van der Waals surface area contributed by atoms with Crippen molar-refractivity contribution in [3.8, 4) is 0 Å². The monoisotopic (exact) mass is 379 g/mol. The summed E-state index contributed by atoms with van der Waals surface area (Å²) in [6, 6.07) is 15.8. The van der Waals surface area contributed by atoms with Crippen molar-refractivity contribution < 1.29 is 9.52 Å². The number of thiophene rings is 1. The largest absolute Gasteiger partial charge is 0.619 e. The number of nitrogens with one attached hydrogen (secondary N) is 1. The van der Waals surface area contributed by atoms with E-state index in [4.69, 9.17) is 0 Å². The molecule has 138 valence electrons. The van der Waals surface area contributed by atoms with Crippen molar-refractivity contribution in [1.29, 1.82) is 0 Å². The predicted octanol–water partition coefficient (Wildman–Crippen LogP) is 2.91. The van der Waals surface area contributed by atoms with Crippen LogP contribution in [-0.4, -0.2) is 23.9 Å². The fraction of sp³-hybridized carbons (Fsp3) is 0.238. The minimum Gasteiger partial charge on any atom is -0.619 e. The van der Waals surface area contributed by atoms with Gasteiger partial charge >= 0.3 is 0 Å². The highest BCUT2D eigenvalue weighted by atomic mass is 32.1. The van der Waals surface area contributed by atoms with Gasteiger partial charge in [0.1, 0.15) is 5.56 Å². The number of nitrogens with zero attached hydrogens (tertiary/aromatic N) is 2. The molecule has 4 rings (SSSR count). The highest BCUT2D eigenvalue weighted by Gasteiger charge is 2.26. The summed E-state index contributed by atoms with van der Waals surface area (Å²) < 4.78 is 0.645. The summed E-state index contributed by atoms with van der Waals surface area (Å²) in [6.45, 7) is 2.35. The lowest BCUT2D eigenvalue weighted by Crippen LogP contribution is -2.40. The van der Waals surface area contributed by atoms with Crippen LogP contribution in [0, 0.1) is 5.21 Å². The topological polar surface area (TPSA) is 59.3 Å². The molecule has 0 bridgehead atoms. The first-order valence-electron chi connectivity index (χ1n) is 9.02. The molecular formula is C21H21N3O2S. The summed E-state index contributed by atoms with van der Waals surface area (Å²) in [5.41, 5.74) is 2.94. The van der Waals surface area contributed by atoms with Gasteiger partial charge in [-0.05, 0) is 35.1 Å². The zero-order valence-corrected chi connectivity index (χ0v) is 15.7. The van der Waals surface area contributed by atoms with Crippen LogP contribution in [0.15, 0.2) is 66.3 Å². The molecule has 6 heteroatoms. The van der Waals surface area contributed by atoms with E-state index in [0.29, 0.717) is 16.8 Å². The Labute approximate surface area is 162 Å². The van der Waals surface area contributed by atoms with Crippen LogP contribution >= 0.6 is 11.3 Å². The van der Waals surface area contributed by atoms with Crippen LogP contribution in [0.1, 0.15) is 32.4 Å². The van der Waals surface area contributed by atoms with E-state index in [1.807, 2.05) is 29.5 Å². The molecule has 0 saturated heterocycles. The van der Waals surface area contributed by atoms with Gasteiger partial charge in [0, 0.05) is 30.6 Å². The Morgan fingerprint density at radius 2 is 2.07 bits per heavy atom. The van der Waals surface area contributed by atoms with E-state index in [1.165, 1.54) is 28.4 Å². The van der Waals surface area contributed by atoms with Gasteiger partial charge in [0.25, 0.3) is 5.91 Å². The second kappa shape index (κ2) is 7.90. The van der Waals surface area contributed by atoms with Gasteiger partial charge in [-0.15, -0.1) is 11.3 Å². The lowest BCUT2D eigenvalue weighted by Gasteiger charge is -2.35. The number of pyridine rings is 1. The molecule has 1 atom stereocenters. The molecule has 1 N–H and O–H groups in total. The van der Waals surface area contributed by atoms with Crippen LogP contribution in [0.2, 0.25) is 0 Å². The standard InChI is InChI=1S/C21H21N3O2S/c25-21(18-7-4-10-24(26)15-18)22-13-19(16-5-2-1-3-6-16)23-11-8-20-17(14-23)9-12-27-20/h1-7,9-10,12,15,19H,8,11,13-14H2,(H,22,25)/t19-/m0/s1. The van der Waals surface area contributed by atoms with Gasteiger partial charge < -0.3 is 10.5 Å². The van der Waals surface area contributed by atoms with Crippen LogP contribution in [0.4, 0.5) is 0 Å². The van der Waals surface area contributed by atoms with Crippen LogP contribution in [0.3, 0.4) is 0 Å². The number of carbonyl (C=O) groups is 1. The Hall–Kier alpha value is -2.70. The smallest absolute Gasteiger partial charge is 0.257 e. The Bertz CT molecular complexity index is 926. The number of fused-ring (bicyclic) bond motifs is 1. The number of amides is 1. The highest BCUT2D eigenvalue weighted by molar-refractivity contribution is 7.10. The average molecular weight is 379 g/mol. The molecule has 1 aliphatic rings. The molecule has 0 spiro atoms. The molecular weight excluding hydrogens is 358 g/mol. The summed E-state index contributed by atoms with van der Waals surface area (Å²) >= 11 is 1.82. The molecule has 27 heavy (non-hydrogen) atoms. The Morgan fingerprint density at radius 3 is 2.89 bits per heavy atom. The maximum absolute atomic E-state index is 12.5. The number of hydrogen-bond acceptors (Lipinski definition) is 4. The molecule has 2 aromatic heterocycles. The first-order chi connectivity index (χ1) is 13.2. The van der Waals surface area contributed by atoms with Gasteiger partial charge in [0.15, 0.2) is 12.4 Å². The van der Waals surface area contributed by atoms with Gasteiger partial charge in [0.05, 0.1) is 6.04 Å². The quantitative estimate of drug-likeness (QED) is 0.548. The molecule has 0 radical (unpaired) electrons. The summed E-state index contributed by atoms with van der Waals surface area (Å²) in [5.74, 6) is -0.227. The summed E-state index contributed by atoms with van der Waals surface area (Å²) in [6.07, 6.45) is 3.71. The Morgan fingerprint density at radius 1 is 1.22 bits per heavy atom. The molecule has 0 saturated carbocycles. The normalized spacial score (nSPS) is 15.1. The van der Waals surface area contributed by atoms with Crippen LogP contribution < -0.4 is 10.0 Å². The average Bonchev–Trinajstić information content (AvgIpc) is 3.17. The molecule has 5 nitrogen and oxygen atoms in total. The van der Waals surface area contributed by atoms with Gasteiger partial charge in [-0.3, -0.25) is 9.69 Å². The number of aromatic nitrogens is 1. The molecule has 3 heterocycles. The van der Waals surface area contributed by atoms with Crippen LogP contribution in [0.5, 0.6) is 0 Å². The van der Waals surface area contributed by atoms with Crippen molar-refractivity contribution >= 4 is 17.2 Å². The van der Waals surface area contributed by atoms with E-state index >= 15 is 0 Å². The fourth-order valence-corrected chi connectivity index (χ4v) is 4.44. The Balaban J connectivity index is 1.52. The number of carbonyl (C=O) groups excluding carboxylic acids is 1. The SMILES string of the molecule is O=C(NC[C@@H](c1ccccc1)N1CCc2sccc2C1)c1ccc[n+]([O-])c1. The summed E-state index contributed by atoms with van der Waals surface area (Å²) in [7, 11) is 0. The number of benzene rings is 1. The lowest BCUT2D eigenvalue weighted by molar-refractivity contribution is -0.605. The van der Waals surface area contributed by atoms with Crippen molar-refractivity contribution in [2.24, 2.45) is 0 Å². The van der Waals surface area contributed by atoms with Gasteiger partial charge in [0.2, 0.25) is 0 Å². The van der Waals surface area contributed by atoms with Crippen molar-refractivity contribution in [3.05, 3.63) is 93.1 Å². The summed E-state index contributed by atoms with van der Waals surface area (Å²) in [4.78, 5) is 16.4. The summed E-state index contributed by atoms with van der Waals surface area (Å²) in [5, 5.41) is 16.6. The third kappa shape index (κ3) is 4.02. The first-order valence-corrected chi connectivity index (χ1v) is 9.90. The van der Waals surface area contributed by atoms with Gasteiger partial charge in [-0.1, -0.05) is 30.3 Å². The van der Waals surface area contributed by atoms with Crippen LogP contribution in [0.25, 0.3) is 0 Å². The third-order valence-corrected chi connectivity index (χ3v) is 5.98. The van der Waals surface area contributed by atoms with Crippen molar-refractivity contribution in [2.45, 2.75) is 19.0 Å². The minimum absolute atomic E-state index is 0.0892. The number of rotatable bonds is 5. The van der Waals surface area contributed by atoms with Crippen molar-refractivity contribution in [2.75, 3.05) is 13.1 Å². The second-order valence-corrected chi connectivity index (χ2v) is 7.68.